The number of rotatable bonds is 4. The SMILES string of the molecule is CCc1c(F)c(F)c2[nH]ncc2c1-c1ccn2nc(NC(=O)[C@@H]3C[C@@H]3F)cc2c1. The Morgan fingerprint density at radius 3 is 2.86 bits per heavy atom. The maximum Gasteiger partial charge on any atom is 0.231 e. The van der Waals surface area contributed by atoms with E-state index < -0.39 is 29.6 Å². The van der Waals surface area contributed by atoms with Gasteiger partial charge in [-0.25, -0.2) is 17.7 Å². The fraction of sp³-hybridized carbons (Fsp3) is 0.250. The molecule has 0 aliphatic heterocycles. The second-order valence-electron chi connectivity index (χ2n) is 7.16. The molecule has 3 heterocycles. The predicted molar refractivity (Wildman–Crippen MR) is 101 cm³/mol. The molecular weight excluding hydrogens is 383 g/mol. The molecule has 1 saturated carbocycles. The van der Waals surface area contributed by atoms with Gasteiger partial charge in [-0.3, -0.25) is 9.89 Å². The first-order valence-electron chi connectivity index (χ1n) is 9.25. The van der Waals surface area contributed by atoms with Gasteiger partial charge in [-0.05, 0) is 41.7 Å². The van der Waals surface area contributed by atoms with Crippen LogP contribution in [0.15, 0.2) is 30.6 Å². The molecule has 1 fully saturated rings. The van der Waals surface area contributed by atoms with Crippen molar-refractivity contribution < 1.29 is 18.0 Å². The molecule has 5 rings (SSSR count). The third-order valence-electron chi connectivity index (χ3n) is 5.29. The minimum absolute atomic E-state index is 0.0150. The molecule has 148 valence electrons. The molecule has 1 amide bonds. The maximum atomic E-state index is 14.6. The second kappa shape index (κ2) is 6.33. The third kappa shape index (κ3) is 2.76. The second-order valence-corrected chi connectivity index (χ2v) is 7.16. The fourth-order valence-electron chi connectivity index (χ4n) is 3.68. The van der Waals surface area contributed by atoms with Crippen LogP contribution in [0.4, 0.5) is 19.0 Å². The number of pyridine rings is 1. The lowest BCUT2D eigenvalue weighted by Gasteiger charge is -2.12. The number of alkyl halides is 1. The van der Waals surface area contributed by atoms with Crippen molar-refractivity contribution in [2.75, 3.05) is 5.32 Å². The van der Waals surface area contributed by atoms with Gasteiger partial charge in [-0.1, -0.05) is 6.92 Å². The average molecular weight is 399 g/mol. The third-order valence-corrected chi connectivity index (χ3v) is 5.29. The molecule has 0 spiro atoms. The number of hydrogen-bond donors (Lipinski definition) is 2. The molecule has 0 unspecified atom stereocenters. The summed E-state index contributed by atoms with van der Waals surface area (Å²) in [6.45, 7) is 1.76. The average Bonchev–Trinajstić information content (AvgIpc) is 3.09. The van der Waals surface area contributed by atoms with E-state index in [4.69, 9.17) is 0 Å². The molecule has 2 atom stereocenters. The number of halogens is 3. The molecule has 1 aliphatic rings. The van der Waals surface area contributed by atoms with Gasteiger partial charge in [0.1, 0.15) is 11.7 Å². The van der Waals surface area contributed by atoms with E-state index in [9.17, 15) is 18.0 Å². The number of aromatic nitrogens is 4. The lowest BCUT2D eigenvalue weighted by atomic mass is 9.94. The van der Waals surface area contributed by atoms with Crippen LogP contribution in [0.3, 0.4) is 0 Å². The van der Waals surface area contributed by atoms with Crippen LogP contribution in [0, 0.1) is 17.6 Å². The monoisotopic (exact) mass is 399 g/mol. The molecule has 4 aromatic rings. The van der Waals surface area contributed by atoms with Crippen molar-refractivity contribution in [3.05, 3.63) is 47.8 Å². The topological polar surface area (TPSA) is 75.1 Å². The van der Waals surface area contributed by atoms with Crippen LogP contribution in [0.25, 0.3) is 27.5 Å². The summed E-state index contributed by atoms with van der Waals surface area (Å²) in [6.07, 6.45) is 2.59. The maximum absolute atomic E-state index is 14.6. The predicted octanol–water partition coefficient (Wildman–Crippen LogP) is 4.01. The van der Waals surface area contributed by atoms with Crippen LogP contribution in [0.2, 0.25) is 0 Å². The van der Waals surface area contributed by atoms with Crippen LogP contribution in [-0.4, -0.2) is 31.9 Å². The highest BCUT2D eigenvalue weighted by molar-refractivity contribution is 5.98. The first-order chi connectivity index (χ1) is 14.0. The highest BCUT2D eigenvalue weighted by Crippen LogP contribution is 2.37. The standard InChI is InChI=1S/C20H16F3N5O/c1-2-11-16(13-8-24-26-19(13)18(23)17(11)22)9-3-4-28-10(5-9)6-15(27-28)25-20(29)12-7-14(12)21/h3-6,8,12,14H,2,7H2,1H3,(H,24,26)(H,25,27,29)/t12-,14+/m1/s1. The van der Waals surface area contributed by atoms with Gasteiger partial charge in [0.2, 0.25) is 5.91 Å². The van der Waals surface area contributed by atoms with Gasteiger partial charge in [0.15, 0.2) is 17.5 Å². The van der Waals surface area contributed by atoms with Gasteiger partial charge in [-0.15, -0.1) is 0 Å². The fourth-order valence-corrected chi connectivity index (χ4v) is 3.68. The Morgan fingerprint density at radius 1 is 1.34 bits per heavy atom. The van der Waals surface area contributed by atoms with Crippen LogP contribution < -0.4 is 5.32 Å². The number of H-pyrrole nitrogens is 1. The summed E-state index contributed by atoms with van der Waals surface area (Å²) < 4.78 is 43.5. The van der Waals surface area contributed by atoms with Crippen molar-refractivity contribution in [1.29, 1.82) is 0 Å². The molecule has 0 saturated heterocycles. The lowest BCUT2D eigenvalue weighted by molar-refractivity contribution is -0.117. The van der Waals surface area contributed by atoms with Crippen LogP contribution in [-0.2, 0) is 11.2 Å². The van der Waals surface area contributed by atoms with E-state index in [0.717, 1.165) is 0 Å². The normalized spacial score (nSPS) is 18.5. The number of carbonyl (C=O) groups excluding carboxylic acids is 1. The van der Waals surface area contributed by atoms with Gasteiger partial charge in [0, 0.05) is 17.6 Å². The zero-order valence-corrected chi connectivity index (χ0v) is 15.3. The summed E-state index contributed by atoms with van der Waals surface area (Å²) in [7, 11) is 0. The zero-order chi connectivity index (χ0) is 20.3. The summed E-state index contributed by atoms with van der Waals surface area (Å²) in [4.78, 5) is 11.9. The highest BCUT2D eigenvalue weighted by Gasteiger charge is 2.43. The van der Waals surface area contributed by atoms with Crippen molar-refractivity contribution in [3.8, 4) is 11.1 Å². The number of hydrogen-bond acceptors (Lipinski definition) is 3. The van der Waals surface area contributed by atoms with Crippen molar-refractivity contribution in [2.45, 2.75) is 25.9 Å². The highest BCUT2D eigenvalue weighted by atomic mass is 19.2. The summed E-state index contributed by atoms with van der Waals surface area (Å²) in [5.41, 5.74) is 2.15. The molecule has 6 nitrogen and oxygen atoms in total. The van der Waals surface area contributed by atoms with Gasteiger partial charge >= 0.3 is 0 Å². The minimum Gasteiger partial charge on any atom is -0.309 e. The van der Waals surface area contributed by atoms with Crippen LogP contribution in [0.5, 0.6) is 0 Å². The molecule has 0 bridgehead atoms. The Morgan fingerprint density at radius 2 is 2.14 bits per heavy atom. The molecule has 0 radical (unpaired) electrons. The van der Waals surface area contributed by atoms with E-state index in [1.807, 2.05) is 0 Å². The number of nitrogens with zero attached hydrogens (tertiary/aromatic N) is 3. The van der Waals surface area contributed by atoms with E-state index in [1.165, 1.54) is 6.20 Å². The number of nitrogens with one attached hydrogen (secondary N) is 2. The smallest absolute Gasteiger partial charge is 0.231 e. The number of benzene rings is 1. The van der Waals surface area contributed by atoms with Crippen molar-refractivity contribution >= 4 is 28.1 Å². The van der Waals surface area contributed by atoms with E-state index >= 15 is 0 Å². The Kier molecular flexibility index (Phi) is 3.87. The Hall–Kier alpha value is -3.36. The number of anilines is 1. The minimum atomic E-state index is -1.09. The Bertz CT molecular complexity index is 1280. The van der Waals surface area contributed by atoms with E-state index in [-0.39, 0.29) is 17.5 Å². The van der Waals surface area contributed by atoms with Gasteiger partial charge in [0.25, 0.3) is 0 Å². The summed E-state index contributed by atoms with van der Waals surface area (Å²) in [5, 5.41) is 13.7. The molecule has 2 N–H and O–H groups in total. The first-order valence-corrected chi connectivity index (χ1v) is 9.25. The molecule has 3 aromatic heterocycles. The van der Waals surface area contributed by atoms with Crippen molar-refractivity contribution in [3.63, 3.8) is 0 Å². The summed E-state index contributed by atoms with van der Waals surface area (Å²) in [6, 6.07) is 5.16. The number of aromatic amines is 1. The van der Waals surface area contributed by atoms with Gasteiger partial charge < -0.3 is 5.32 Å². The van der Waals surface area contributed by atoms with Crippen LogP contribution >= 0.6 is 0 Å². The molecule has 1 aliphatic carbocycles. The Labute approximate surface area is 162 Å². The Balaban J connectivity index is 1.60. The van der Waals surface area contributed by atoms with E-state index in [2.05, 4.69) is 20.6 Å². The van der Waals surface area contributed by atoms with Crippen molar-refractivity contribution in [2.24, 2.45) is 5.92 Å². The summed E-state index contributed by atoms with van der Waals surface area (Å²) >= 11 is 0. The quantitative estimate of drug-likeness (QED) is 0.544. The molecular formula is C20H16F3N5O. The zero-order valence-electron chi connectivity index (χ0n) is 15.3. The molecule has 9 heteroatoms. The molecule has 29 heavy (non-hydrogen) atoms. The number of fused-ring (bicyclic) bond motifs is 2. The lowest BCUT2D eigenvalue weighted by Crippen LogP contribution is -2.15. The number of carbonyl (C=O) groups is 1. The first kappa shape index (κ1) is 17.7. The molecule has 1 aromatic carbocycles. The van der Waals surface area contributed by atoms with E-state index in [1.54, 1.807) is 35.8 Å². The van der Waals surface area contributed by atoms with Gasteiger partial charge in [0.05, 0.1) is 17.6 Å². The van der Waals surface area contributed by atoms with Crippen molar-refractivity contribution in [1.82, 2.24) is 19.8 Å². The summed E-state index contributed by atoms with van der Waals surface area (Å²) in [5.74, 6) is -2.54. The van der Waals surface area contributed by atoms with Gasteiger partial charge in [-0.2, -0.15) is 10.2 Å². The largest absolute Gasteiger partial charge is 0.309 e. The number of amides is 1. The van der Waals surface area contributed by atoms with Crippen LogP contribution in [0.1, 0.15) is 18.9 Å². The van der Waals surface area contributed by atoms with E-state index in [0.29, 0.717) is 34.3 Å².